The van der Waals surface area contributed by atoms with E-state index >= 15 is 0 Å². The fourth-order valence-corrected chi connectivity index (χ4v) is 2.48. The van der Waals surface area contributed by atoms with Crippen molar-refractivity contribution in [3.8, 4) is 5.75 Å². The molecule has 0 radical (unpaired) electrons. The van der Waals surface area contributed by atoms with Crippen LogP contribution in [0.4, 0.5) is 0 Å². The maximum atomic E-state index is 11.5. The molecule has 1 atom stereocenters. The lowest BCUT2D eigenvalue weighted by molar-refractivity contribution is 0.219. The largest absolute Gasteiger partial charge is 0.495 e. The lowest BCUT2D eigenvalue weighted by Crippen LogP contribution is -2.03. The predicted molar refractivity (Wildman–Crippen MR) is 74.4 cm³/mol. The van der Waals surface area contributed by atoms with Crippen LogP contribution in [-0.2, 0) is 9.84 Å². The van der Waals surface area contributed by atoms with Crippen LogP contribution in [0.25, 0.3) is 0 Å². The number of hydrogen-bond donors (Lipinski definition) is 1. The van der Waals surface area contributed by atoms with Crippen molar-refractivity contribution < 1.29 is 18.3 Å². The van der Waals surface area contributed by atoms with E-state index in [1.54, 1.807) is 18.2 Å². The number of sulfone groups is 1. The third-order valence-corrected chi connectivity index (χ3v) is 4.00. The Labute approximate surface area is 117 Å². The smallest absolute Gasteiger partial charge is 0.175 e. The quantitative estimate of drug-likeness (QED) is 0.926. The van der Waals surface area contributed by atoms with Gasteiger partial charge in [0.25, 0.3) is 0 Å². The van der Waals surface area contributed by atoms with Crippen LogP contribution in [0.1, 0.15) is 17.2 Å². The normalized spacial score (nSPS) is 12.9. The number of methoxy groups -OCH3 is 1. The lowest BCUT2D eigenvalue weighted by Gasteiger charge is -2.13. The van der Waals surface area contributed by atoms with Gasteiger partial charge in [0, 0.05) is 18.0 Å². The fraction of sp³-hybridized carbons (Fsp3) is 0.214. The molecule has 1 N–H and O–H groups in total. The minimum Gasteiger partial charge on any atom is -0.495 e. The summed E-state index contributed by atoms with van der Waals surface area (Å²) in [5.41, 5.74) is 1.03. The zero-order valence-corrected chi connectivity index (χ0v) is 12.0. The second-order valence-electron chi connectivity index (χ2n) is 4.41. The molecule has 0 amide bonds. The molecule has 106 valence electrons. The van der Waals surface area contributed by atoms with E-state index in [0.29, 0.717) is 16.9 Å². The molecule has 1 aromatic carbocycles. The molecule has 2 rings (SSSR count). The van der Waals surface area contributed by atoms with E-state index in [1.807, 2.05) is 0 Å². The standard InChI is InChI=1S/C14H15NO4S/c1-19-12-6-11(8-15-9-12)14(16)10-4-3-5-13(7-10)20(2,17)18/h3-9,14,16H,1-2H3. The highest BCUT2D eigenvalue weighted by Gasteiger charge is 2.15. The highest BCUT2D eigenvalue weighted by molar-refractivity contribution is 7.90. The van der Waals surface area contributed by atoms with Gasteiger partial charge in [-0.1, -0.05) is 12.1 Å². The average molecular weight is 293 g/mol. The van der Waals surface area contributed by atoms with Crippen molar-refractivity contribution in [1.82, 2.24) is 4.98 Å². The van der Waals surface area contributed by atoms with Gasteiger partial charge in [-0.15, -0.1) is 0 Å². The van der Waals surface area contributed by atoms with E-state index in [4.69, 9.17) is 4.74 Å². The molecule has 0 bridgehead atoms. The van der Waals surface area contributed by atoms with Crippen LogP contribution >= 0.6 is 0 Å². The van der Waals surface area contributed by atoms with Crippen LogP contribution in [0.15, 0.2) is 47.6 Å². The molecule has 0 fully saturated rings. The molecule has 0 spiro atoms. The number of aliphatic hydroxyl groups is 1. The van der Waals surface area contributed by atoms with Crippen molar-refractivity contribution in [1.29, 1.82) is 0 Å². The van der Waals surface area contributed by atoms with E-state index < -0.39 is 15.9 Å². The highest BCUT2D eigenvalue weighted by atomic mass is 32.2. The topological polar surface area (TPSA) is 76.5 Å². The van der Waals surface area contributed by atoms with E-state index in [0.717, 1.165) is 6.26 Å². The molecule has 5 nitrogen and oxygen atoms in total. The van der Waals surface area contributed by atoms with Crippen molar-refractivity contribution in [2.24, 2.45) is 0 Å². The van der Waals surface area contributed by atoms with Gasteiger partial charge in [0.15, 0.2) is 9.84 Å². The Morgan fingerprint density at radius 3 is 2.60 bits per heavy atom. The van der Waals surface area contributed by atoms with Gasteiger partial charge in [-0.05, 0) is 23.8 Å². The van der Waals surface area contributed by atoms with Crippen LogP contribution in [-0.4, -0.2) is 31.9 Å². The van der Waals surface area contributed by atoms with Gasteiger partial charge in [-0.2, -0.15) is 0 Å². The van der Waals surface area contributed by atoms with Gasteiger partial charge >= 0.3 is 0 Å². The third-order valence-electron chi connectivity index (χ3n) is 2.89. The summed E-state index contributed by atoms with van der Waals surface area (Å²) in [6.45, 7) is 0. The first kappa shape index (κ1) is 14.5. The summed E-state index contributed by atoms with van der Waals surface area (Å²) in [6.07, 6.45) is 3.22. The molecule has 0 saturated heterocycles. The molecule has 0 saturated carbocycles. The second-order valence-corrected chi connectivity index (χ2v) is 6.42. The molecule has 2 aromatic rings. The molecule has 1 unspecified atom stereocenters. The molecule has 6 heteroatoms. The molecule has 0 aliphatic heterocycles. The number of pyridine rings is 1. The van der Waals surface area contributed by atoms with E-state index in [2.05, 4.69) is 4.98 Å². The van der Waals surface area contributed by atoms with E-state index in [9.17, 15) is 13.5 Å². The molecular formula is C14H15NO4S. The summed E-state index contributed by atoms with van der Waals surface area (Å²) in [5, 5.41) is 10.3. The van der Waals surface area contributed by atoms with Crippen LogP contribution in [0.3, 0.4) is 0 Å². The Bertz CT molecular complexity index is 713. The molecule has 1 heterocycles. The summed E-state index contributed by atoms with van der Waals surface area (Å²) in [4.78, 5) is 4.14. The monoisotopic (exact) mass is 293 g/mol. The van der Waals surface area contributed by atoms with Gasteiger partial charge < -0.3 is 9.84 Å². The number of benzene rings is 1. The molecule has 1 aromatic heterocycles. The number of rotatable bonds is 4. The Morgan fingerprint density at radius 2 is 1.95 bits per heavy atom. The summed E-state index contributed by atoms with van der Waals surface area (Å²) < 4.78 is 28.1. The van der Waals surface area contributed by atoms with Crippen molar-refractivity contribution in [2.45, 2.75) is 11.0 Å². The van der Waals surface area contributed by atoms with Crippen molar-refractivity contribution in [3.05, 3.63) is 53.9 Å². The zero-order valence-electron chi connectivity index (χ0n) is 11.1. The summed E-state index contributed by atoms with van der Waals surface area (Å²) in [7, 11) is -1.79. The first-order chi connectivity index (χ1) is 9.41. The van der Waals surface area contributed by atoms with Gasteiger partial charge in [0.1, 0.15) is 11.9 Å². The van der Waals surface area contributed by atoms with Crippen LogP contribution in [0, 0.1) is 0 Å². The van der Waals surface area contributed by atoms with Gasteiger partial charge in [0.05, 0.1) is 18.2 Å². The van der Waals surface area contributed by atoms with Crippen molar-refractivity contribution in [3.63, 3.8) is 0 Å². The van der Waals surface area contributed by atoms with Crippen LogP contribution in [0.5, 0.6) is 5.75 Å². The van der Waals surface area contributed by atoms with Gasteiger partial charge in [-0.25, -0.2) is 8.42 Å². The number of aromatic nitrogens is 1. The number of ether oxygens (including phenoxy) is 1. The number of aliphatic hydroxyl groups excluding tert-OH is 1. The molecule has 20 heavy (non-hydrogen) atoms. The van der Waals surface area contributed by atoms with Crippen molar-refractivity contribution >= 4 is 9.84 Å². The summed E-state index contributed by atoms with van der Waals surface area (Å²) >= 11 is 0. The Hall–Kier alpha value is -1.92. The first-order valence-corrected chi connectivity index (χ1v) is 7.78. The average Bonchev–Trinajstić information content (AvgIpc) is 2.46. The second kappa shape index (κ2) is 5.60. The Kier molecular flexibility index (Phi) is 4.06. The van der Waals surface area contributed by atoms with Gasteiger partial charge in [-0.3, -0.25) is 4.98 Å². The fourth-order valence-electron chi connectivity index (χ4n) is 1.80. The predicted octanol–water partition coefficient (Wildman–Crippen LogP) is 1.58. The van der Waals surface area contributed by atoms with E-state index in [1.165, 1.54) is 31.6 Å². The number of hydrogen-bond acceptors (Lipinski definition) is 5. The minimum atomic E-state index is -3.31. The zero-order chi connectivity index (χ0) is 14.8. The summed E-state index contributed by atoms with van der Waals surface area (Å²) in [5.74, 6) is 0.529. The Morgan fingerprint density at radius 1 is 1.20 bits per heavy atom. The Balaban J connectivity index is 2.40. The first-order valence-electron chi connectivity index (χ1n) is 5.89. The third kappa shape index (κ3) is 3.15. The lowest BCUT2D eigenvalue weighted by atomic mass is 10.0. The number of nitrogens with zero attached hydrogens (tertiary/aromatic N) is 1. The molecule has 0 aliphatic rings. The summed E-state index contributed by atoms with van der Waals surface area (Å²) in [6, 6.07) is 7.88. The highest BCUT2D eigenvalue weighted by Crippen LogP contribution is 2.25. The molecule has 0 aliphatic carbocycles. The van der Waals surface area contributed by atoms with Crippen molar-refractivity contribution in [2.75, 3.05) is 13.4 Å². The minimum absolute atomic E-state index is 0.171. The van der Waals surface area contributed by atoms with Gasteiger partial charge in [0.2, 0.25) is 0 Å². The SMILES string of the molecule is COc1cncc(C(O)c2cccc(S(C)(=O)=O)c2)c1. The molecular weight excluding hydrogens is 278 g/mol. The maximum absolute atomic E-state index is 11.5. The van der Waals surface area contributed by atoms with Crippen LogP contribution in [0.2, 0.25) is 0 Å². The van der Waals surface area contributed by atoms with E-state index in [-0.39, 0.29) is 4.90 Å². The maximum Gasteiger partial charge on any atom is 0.175 e. The van der Waals surface area contributed by atoms with Crippen LogP contribution < -0.4 is 4.74 Å².